The van der Waals surface area contributed by atoms with Crippen LogP contribution in [-0.2, 0) is 30.3 Å². The third-order valence-electron chi connectivity index (χ3n) is 6.69. The molecule has 2 N–H and O–H groups in total. The van der Waals surface area contributed by atoms with Gasteiger partial charge in [0.1, 0.15) is 36.8 Å². The van der Waals surface area contributed by atoms with Gasteiger partial charge in [-0.2, -0.15) is 0 Å². The molecule has 11 heteroatoms. The molecule has 0 amide bonds. The zero-order valence-electron chi connectivity index (χ0n) is 21.4. The van der Waals surface area contributed by atoms with Crippen molar-refractivity contribution in [3.8, 4) is 0 Å². The van der Waals surface area contributed by atoms with E-state index in [4.69, 9.17) is 24.7 Å². The first-order valence-electron chi connectivity index (χ1n) is 12.6. The second-order valence-electron chi connectivity index (χ2n) is 10.1. The van der Waals surface area contributed by atoms with E-state index >= 15 is 0 Å². The smallest absolute Gasteiger partial charge is 0.306 e. The molecule has 198 valence electrons. The molecule has 4 unspecified atom stereocenters. The molecular formula is C26H34N6O5. The van der Waals surface area contributed by atoms with E-state index in [-0.39, 0.29) is 24.3 Å². The molecule has 0 bridgehead atoms. The summed E-state index contributed by atoms with van der Waals surface area (Å²) in [6.45, 7) is 5.60. The van der Waals surface area contributed by atoms with E-state index in [1.54, 1.807) is 6.33 Å². The predicted octanol–water partition coefficient (Wildman–Crippen LogP) is 2.67. The maximum atomic E-state index is 12.1. The molecule has 11 nitrogen and oxygen atoms in total. The van der Waals surface area contributed by atoms with Gasteiger partial charge in [0.15, 0.2) is 23.5 Å². The number of aromatic nitrogens is 4. The van der Waals surface area contributed by atoms with Gasteiger partial charge in [0.05, 0.1) is 6.33 Å². The topological polar surface area (TPSA) is 127 Å². The van der Waals surface area contributed by atoms with Crippen LogP contribution in [0.4, 0.5) is 5.82 Å². The summed E-state index contributed by atoms with van der Waals surface area (Å²) in [5.74, 6) is -0.576. The Labute approximate surface area is 215 Å². The first kappa shape index (κ1) is 25.5. The van der Waals surface area contributed by atoms with Crippen LogP contribution in [0.2, 0.25) is 0 Å². The van der Waals surface area contributed by atoms with Crippen LogP contribution in [0, 0.1) is 0 Å². The average Bonchev–Trinajstić information content (AvgIpc) is 3.53. The minimum absolute atomic E-state index is 0.174. The number of nitrogen functional groups attached to an aromatic ring is 1. The highest BCUT2D eigenvalue weighted by Gasteiger charge is 2.56. The number of hydrogen-bond donors (Lipinski definition) is 1. The van der Waals surface area contributed by atoms with Crippen LogP contribution in [-0.4, -0.2) is 74.6 Å². The number of ether oxygens (including phenoxy) is 4. The van der Waals surface area contributed by atoms with E-state index in [1.807, 2.05) is 55.8 Å². The Bertz CT molecular complexity index is 1220. The molecule has 3 aromatic rings. The van der Waals surface area contributed by atoms with E-state index < -0.39 is 12.0 Å². The number of imidazole rings is 1. The maximum Gasteiger partial charge on any atom is 0.306 e. The van der Waals surface area contributed by atoms with E-state index in [9.17, 15) is 4.79 Å². The number of rotatable bonds is 10. The largest absolute Gasteiger partial charge is 0.461 e. The van der Waals surface area contributed by atoms with Crippen LogP contribution in [0.25, 0.3) is 11.2 Å². The van der Waals surface area contributed by atoms with Gasteiger partial charge in [0, 0.05) is 13.0 Å². The Morgan fingerprint density at radius 2 is 1.92 bits per heavy atom. The molecule has 4 heterocycles. The predicted molar refractivity (Wildman–Crippen MR) is 135 cm³/mol. The number of likely N-dealkylation sites (N-methyl/N-ethyl adjacent to an activating group) is 1. The summed E-state index contributed by atoms with van der Waals surface area (Å²) in [4.78, 5) is 27.0. The first-order chi connectivity index (χ1) is 17.8. The summed E-state index contributed by atoms with van der Waals surface area (Å²) in [6, 6.07) is 9.70. The van der Waals surface area contributed by atoms with Crippen molar-refractivity contribution in [1.29, 1.82) is 0 Å². The van der Waals surface area contributed by atoms with Crippen molar-refractivity contribution in [1.82, 2.24) is 24.4 Å². The number of carbonyl (C=O) groups excluding carboxylic acids is 1. The standard InChI is InChI=1S/C26H34N6O5/c1-26(2)36-21-18(13-31(3)12-8-7-11-19(33)34-14-17-9-5-4-6-10-17)35-25(22(21)37-26)32-16-30-20-23(27)28-15-29-24(20)32/h4-6,9-10,15-16,18,21-22,25H,7-8,11-14H2,1-3H3,(H2,27,28,29). The number of nitrogens with two attached hydrogens (primary N) is 1. The zero-order chi connectivity index (χ0) is 26.0. The van der Waals surface area contributed by atoms with Gasteiger partial charge >= 0.3 is 5.97 Å². The Morgan fingerprint density at radius 1 is 1.14 bits per heavy atom. The van der Waals surface area contributed by atoms with E-state index in [2.05, 4.69) is 19.9 Å². The van der Waals surface area contributed by atoms with Gasteiger partial charge < -0.3 is 29.6 Å². The fourth-order valence-corrected chi connectivity index (χ4v) is 4.95. The Balaban J connectivity index is 1.14. The number of benzene rings is 1. The van der Waals surface area contributed by atoms with Crippen molar-refractivity contribution in [3.05, 3.63) is 48.5 Å². The van der Waals surface area contributed by atoms with Crippen LogP contribution in [0.15, 0.2) is 43.0 Å². The summed E-state index contributed by atoms with van der Waals surface area (Å²) in [6.07, 6.45) is 3.87. The van der Waals surface area contributed by atoms with Gasteiger partial charge in [-0.05, 0) is 45.8 Å². The molecule has 0 saturated carbocycles. The summed E-state index contributed by atoms with van der Waals surface area (Å²) >= 11 is 0. The molecule has 0 aliphatic carbocycles. The highest BCUT2D eigenvalue weighted by atomic mass is 16.8. The highest BCUT2D eigenvalue weighted by Crippen LogP contribution is 2.44. The molecule has 0 spiro atoms. The molecule has 2 aromatic heterocycles. The lowest BCUT2D eigenvalue weighted by molar-refractivity contribution is -0.197. The lowest BCUT2D eigenvalue weighted by Crippen LogP contribution is -2.38. The Hall–Kier alpha value is -3.12. The van der Waals surface area contributed by atoms with E-state index in [1.165, 1.54) is 6.33 Å². The normalized spacial score (nSPS) is 24.5. The van der Waals surface area contributed by atoms with Crippen LogP contribution >= 0.6 is 0 Å². The van der Waals surface area contributed by atoms with Gasteiger partial charge in [-0.3, -0.25) is 9.36 Å². The van der Waals surface area contributed by atoms with Gasteiger partial charge in [-0.25, -0.2) is 15.0 Å². The van der Waals surface area contributed by atoms with Gasteiger partial charge in [0.2, 0.25) is 0 Å². The van der Waals surface area contributed by atoms with Crippen LogP contribution < -0.4 is 5.73 Å². The van der Waals surface area contributed by atoms with Crippen molar-refractivity contribution >= 4 is 23.0 Å². The van der Waals surface area contributed by atoms with Crippen LogP contribution in [0.5, 0.6) is 0 Å². The number of carbonyl (C=O) groups is 1. The molecule has 5 rings (SSSR count). The SMILES string of the molecule is CN(CCCCC(=O)OCc1ccccc1)CC1OC(n2cnc3c(N)ncnc32)C2OC(C)(C)OC12. The first-order valence-corrected chi connectivity index (χ1v) is 12.6. The lowest BCUT2D eigenvalue weighted by atomic mass is 10.1. The summed E-state index contributed by atoms with van der Waals surface area (Å²) < 4.78 is 26.2. The minimum atomic E-state index is -0.724. The number of anilines is 1. The number of hydrogen-bond acceptors (Lipinski definition) is 10. The van der Waals surface area contributed by atoms with Crippen molar-refractivity contribution in [2.24, 2.45) is 0 Å². The third-order valence-corrected chi connectivity index (χ3v) is 6.69. The molecular weight excluding hydrogens is 476 g/mol. The van der Waals surface area contributed by atoms with Crippen molar-refractivity contribution in [2.75, 3.05) is 25.9 Å². The van der Waals surface area contributed by atoms with Gasteiger partial charge in [0.25, 0.3) is 0 Å². The van der Waals surface area contributed by atoms with Gasteiger partial charge in [-0.15, -0.1) is 0 Å². The second kappa shape index (κ2) is 10.7. The van der Waals surface area contributed by atoms with Crippen LogP contribution in [0.3, 0.4) is 0 Å². The minimum Gasteiger partial charge on any atom is -0.461 e. The average molecular weight is 511 g/mol. The maximum absolute atomic E-state index is 12.1. The number of esters is 1. The zero-order valence-corrected chi connectivity index (χ0v) is 21.4. The van der Waals surface area contributed by atoms with E-state index in [0.29, 0.717) is 36.6 Å². The molecule has 0 radical (unpaired) electrons. The Kier molecular flexibility index (Phi) is 7.38. The molecule has 2 aliphatic rings. The molecule has 1 aromatic carbocycles. The quantitative estimate of drug-likeness (QED) is 0.321. The molecule has 2 aliphatic heterocycles. The monoisotopic (exact) mass is 510 g/mol. The summed E-state index contributed by atoms with van der Waals surface area (Å²) in [7, 11) is 2.04. The molecule has 37 heavy (non-hydrogen) atoms. The molecule has 4 atom stereocenters. The highest BCUT2D eigenvalue weighted by molar-refractivity contribution is 5.81. The van der Waals surface area contributed by atoms with Crippen molar-refractivity contribution in [3.63, 3.8) is 0 Å². The molecule has 2 fully saturated rings. The second-order valence-corrected chi connectivity index (χ2v) is 10.1. The van der Waals surface area contributed by atoms with Crippen LogP contribution in [0.1, 0.15) is 44.9 Å². The number of nitrogens with zero attached hydrogens (tertiary/aromatic N) is 5. The van der Waals surface area contributed by atoms with Crippen molar-refractivity contribution in [2.45, 2.75) is 70.0 Å². The number of fused-ring (bicyclic) bond motifs is 2. The Morgan fingerprint density at radius 3 is 2.73 bits per heavy atom. The number of unbranched alkanes of at least 4 members (excludes halogenated alkanes) is 1. The fraction of sp³-hybridized carbons (Fsp3) is 0.538. The lowest BCUT2D eigenvalue weighted by Gasteiger charge is -2.27. The van der Waals surface area contributed by atoms with Gasteiger partial charge in [-0.1, -0.05) is 30.3 Å². The summed E-state index contributed by atoms with van der Waals surface area (Å²) in [5, 5.41) is 0. The van der Waals surface area contributed by atoms with Crippen molar-refractivity contribution < 1.29 is 23.7 Å². The fourth-order valence-electron chi connectivity index (χ4n) is 4.95. The third kappa shape index (κ3) is 5.74. The van der Waals surface area contributed by atoms with E-state index in [0.717, 1.165) is 24.9 Å². The summed E-state index contributed by atoms with van der Waals surface area (Å²) in [5.41, 5.74) is 8.09. The molecule has 2 saturated heterocycles.